The summed E-state index contributed by atoms with van der Waals surface area (Å²) in [6.45, 7) is 3.41. The standard InChI is InChI=1S/C25H23N5O4/c1-17-4-2-3-5-19(17)14-29-15-27-24-20(25(29)32)13-28-30(24)11-10-26-23(31)9-7-18-6-8-21-22(12-18)34-16-33-21/h2-9,12-13,15H,10-11,14,16H2,1H3,(H,26,31)/b9-7+. The summed E-state index contributed by atoms with van der Waals surface area (Å²) < 4.78 is 13.8. The number of fused-ring (bicyclic) bond motifs is 2. The van der Waals surface area contributed by atoms with Gasteiger partial charge in [0.15, 0.2) is 17.1 Å². The van der Waals surface area contributed by atoms with Crippen molar-refractivity contribution in [1.82, 2.24) is 24.6 Å². The molecule has 172 valence electrons. The number of amides is 1. The monoisotopic (exact) mass is 457 g/mol. The van der Waals surface area contributed by atoms with Crippen LogP contribution < -0.4 is 20.3 Å². The summed E-state index contributed by atoms with van der Waals surface area (Å²) in [6.07, 6.45) is 6.24. The SMILES string of the molecule is Cc1ccccc1Cn1cnc2c(cnn2CCNC(=O)/C=C/c2ccc3c(c2)OCO3)c1=O. The lowest BCUT2D eigenvalue weighted by Gasteiger charge is -2.08. The van der Waals surface area contributed by atoms with Gasteiger partial charge < -0.3 is 14.8 Å². The van der Waals surface area contributed by atoms with Crippen LogP contribution >= 0.6 is 0 Å². The first-order valence-corrected chi connectivity index (χ1v) is 10.9. The highest BCUT2D eigenvalue weighted by Gasteiger charge is 2.13. The molecule has 9 nitrogen and oxygen atoms in total. The number of carbonyl (C=O) groups excluding carboxylic acids is 1. The van der Waals surface area contributed by atoms with Gasteiger partial charge in [-0.1, -0.05) is 30.3 Å². The summed E-state index contributed by atoms with van der Waals surface area (Å²) in [4.78, 5) is 29.5. The molecular weight excluding hydrogens is 434 g/mol. The van der Waals surface area contributed by atoms with E-state index >= 15 is 0 Å². The van der Waals surface area contributed by atoms with Crippen molar-refractivity contribution in [3.05, 3.63) is 88.1 Å². The predicted molar refractivity (Wildman–Crippen MR) is 127 cm³/mol. The van der Waals surface area contributed by atoms with Crippen LogP contribution in [0.2, 0.25) is 0 Å². The zero-order chi connectivity index (χ0) is 23.5. The fourth-order valence-electron chi connectivity index (χ4n) is 3.78. The minimum absolute atomic E-state index is 0.143. The van der Waals surface area contributed by atoms with E-state index in [4.69, 9.17) is 9.47 Å². The van der Waals surface area contributed by atoms with Gasteiger partial charge in [0.2, 0.25) is 12.7 Å². The van der Waals surface area contributed by atoms with Crippen LogP contribution in [-0.2, 0) is 17.9 Å². The minimum atomic E-state index is -0.234. The second-order valence-electron chi connectivity index (χ2n) is 7.95. The van der Waals surface area contributed by atoms with Crippen LogP contribution in [0.25, 0.3) is 17.1 Å². The summed E-state index contributed by atoms with van der Waals surface area (Å²) in [5.74, 6) is 1.13. The smallest absolute Gasteiger partial charge is 0.264 e. The Morgan fingerprint density at radius 2 is 2.03 bits per heavy atom. The lowest BCUT2D eigenvalue weighted by molar-refractivity contribution is -0.116. The van der Waals surface area contributed by atoms with Gasteiger partial charge in [-0.3, -0.25) is 14.2 Å². The Hall–Kier alpha value is -4.40. The summed E-state index contributed by atoms with van der Waals surface area (Å²) in [5.41, 5.74) is 3.37. The van der Waals surface area contributed by atoms with Crippen LogP contribution in [0.15, 0.2) is 65.9 Å². The van der Waals surface area contributed by atoms with Crippen LogP contribution in [0.3, 0.4) is 0 Å². The molecule has 0 unspecified atom stereocenters. The van der Waals surface area contributed by atoms with Crippen molar-refractivity contribution in [3.63, 3.8) is 0 Å². The second kappa shape index (κ2) is 9.22. The first kappa shape index (κ1) is 21.4. The topological polar surface area (TPSA) is 100 Å². The summed E-state index contributed by atoms with van der Waals surface area (Å²) >= 11 is 0. The molecule has 4 aromatic rings. The van der Waals surface area contributed by atoms with Crippen LogP contribution in [0, 0.1) is 6.92 Å². The Morgan fingerprint density at radius 1 is 1.18 bits per heavy atom. The average molecular weight is 457 g/mol. The highest BCUT2D eigenvalue weighted by Crippen LogP contribution is 2.32. The van der Waals surface area contributed by atoms with Crippen molar-refractivity contribution in [2.45, 2.75) is 20.0 Å². The molecule has 1 aliphatic heterocycles. The Labute approximate surface area is 195 Å². The molecule has 0 saturated heterocycles. The minimum Gasteiger partial charge on any atom is -0.454 e. The van der Waals surface area contributed by atoms with Crippen molar-refractivity contribution in [2.24, 2.45) is 0 Å². The molecule has 0 saturated carbocycles. The molecular formula is C25H23N5O4. The summed E-state index contributed by atoms with van der Waals surface area (Å²) in [7, 11) is 0. The molecule has 0 spiro atoms. The first-order valence-electron chi connectivity index (χ1n) is 10.9. The number of benzene rings is 2. The maximum Gasteiger partial charge on any atom is 0.264 e. The molecule has 0 fully saturated rings. The molecule has 0 radical (unpaired) electrons. The van der Waals surface area contributed by atoms with Crippen LogP contribution in [0.1, 0.15) is 16.7 Å². The Bertz CT molecular complexity index is 1450. The fraction of sp³-hybridized carbons (Fsp3) is 0.200. The lowest BCUT2D eigenvalue weighted by atomic mass is 10.1. The summed E-state index contributed by atoms with van der Waals surface area (Å²) in [5, 5.41) is 7.56. The molecule has 0 bridgehead atoms. The Balaban J connectivity index is 1.20. The summed E-state index contributed by atoms with van der Waals surface area (Å²) in [6, 6.07) is 13.4. The molecule has 5 rings (SSSR count). The van der Waals surface area contributed by atoms with Crippen molar-refractivity contribution < 1.29 is 14.3 Å². The number of hydrogen-bond acceptors (Lipinski definition) is 6. The number of aromatic nitrogens is 4. The van der Waals surface area contributed by atoms with Crippen molar-refractivity contribution in [1.29, 1.82) is 0 Å². The number of hydrogen-bond donors (Lipinski definition) is 1. The molecule has 2 aromatic heterocycles. The number of ether oxygens (including phenoxy) is 2. The van der Waals surface area contributed by atoms with Gasteiger partial charge in [-0.15, -0.1) is 0 Å². The van der Waals surface area contributed by atoms with Gasteiger partial charge in [-0.05, 0) is 41.8 Å². The van der Waals surface area contributed by atoms with Gasteiger partial charge >= 0.3 is 0 Å². The van der Waals surface area contributed by atoms with Gasteiger partial charge in [-0.2, -0.15) is 5.10 Å². The van der Waals surface area contributed by atoms with Gasteiger partial charge in [0, 0.05) is 12.6 Å². The average Bonchev–Trinajstić information content (AvgIpc) is 3.48. The zero-order valence-corrected chi connectivity index (χ0v) is 18.6. The van der Waals surface area contributed by atoms with Crippen molar-refractivity contribution in [2.75, 3.05) is 13.3 Å². The van der Waals surface area contributed by atoms with E-state index in [1.54, 1.807) is 21.7 Å². The number of nitrogens with zero attached hydrogens (tertiary/aromatic N) is 4. The predicted octanol–water partition coefficient (Wildman–Crippen LogP) is 2.51. The van der Waals surface area contributed by atoms with Crippen LogP contribution in [0.5, 0.6) is 11.5 Å². The first-order chi connectivity index (χ1) is 16.6. The van der Waals surface area contributed by atoms with E-state index in [2.05, 4.69) is 15.4 Å². The maximum absolute atomic E-state index is 12.9. The molecule has 0 aliphatic carbocycles. The quantitative estimate of drug-likeness (QED) is 0.428. The van der Waals surface area contributed by atoms with Crippen LogP contribution in [0.4, 0.5) is 0 Å². The van der Waals surface area contributed by atoms with Gasteiger partial charge in [0.1, 0.15) is 11.7 Å². The lowest BCUT2D eigenvalue weighted by Crippen LogP contribution is -2.26. The molecule has 1 aliphatic rings. The molecule has 9 heteroatoms. The normalized spacial score (nSPS) is 12.5. The Kier molecular flexibility index (Phi) is 5.82. The van der Waals surface area contributed by atoms with E-state index in [-0.39, 0.29) is 18.3 Å². The number of aryl methyl sites for hydroxylation is 1. The number of carbonyl (C=O) groups is 1. The third kappa shape index (κ3) is 4.40. The van der Waals surface area contributed by atoms with Crippen molar-refractivity contribution in [3.8, 4) is 11.5 Å². The van der Waals surface area contributed by atoms with E-state index in [1.165, 1.54) is 12.3 Å². The van der Waals surface area contributed by atoms with E-state index in [9.17, 15) is 9.59 Å². The third-order valence-corrected chi connectivity index (χ3v) is 5.67. The second-order valence-corrected chi connectivity index (χ2v) is 7.95. The Morgan fingerprint density at radius 3 is 2.91 bits per heavy atom. The highest BCUT2D eigenvalue weighted by molar-refractivity contribution is 5.91. The van der Waals surface area contributed by atoms with Gasteiger partial charge in [0.25, 0.3) is 5.56 Å². The number of nitrogens with one attached hydrogen (secondary N) is 1. The van der Waals surface area contributed by atoms with E-state index < -0.39 is 0 Å². The highest BCUT2D eigenvalue weighted by atomic mass is 16.7. The molecule has 3 heterocycles. The van der Waals surface area contributed by atoms with Gasteiger partial charge in [-0.25, -0.2) is 9.67 Å². The maximum atomic E-state index is 12.9. The molecule has 2 aromatic carbocycles. The zero-order valence-electron chi connectivity index (χ0n) is 18.6. The van der Waals surface area contributed by atoms with Gasteiger partial charge in [0.05, 0.1) is 19.3 Å². The largest absolute Gasteiger partial charge is 0.454 e. The van der Waals surface area contributed by atoms with E-state index in [0.29, 0.717) is 42.2 Å². The van der Waals surface area contributed by atoms with Crippen LogP contribution in [-0.4, -0.2) is 38.6 Å². The molecule has 0 atom stereocenters. The molecule has 1 N–H and O–H groups in total. The van der Waals surface area contributed by atoms with Crippen molar-refractivity contribution >= 4 is 23.0 Å². The molecule has 34 heavy (non-hydrogen) atoms. The number of rotatable bonds is 7. The third-order valence-electron chi connectivity index (χ3n) is 5.67. The fourth-order valence-corrected chi connectivity index (χ4v) is 3.78. The van der Waals surface area contributed by atoms with E-state index in [1.807, 2.05) is 49.4 Å². The van der Waals surface area contributed by atoms with E-state index in [0.717, 1.165) is 16.7 Å². The molecule has 1 amide bonds.